The lowest BCUT2D eigenvalue weighted by Crippen LogP contribution is -2.27. The quantitative estimate of drug-likeness (QED) is 0.940. The number of rotatable bonds is 3. The highest BCUT2D eigenvalue weighted by molar-refractivity contribution is 9.10. The average Bonchev–Trinajstić information content (AvgIpc) is 3.03. The van der Waals surface area contributed by atoms with Crippen molar-refractivity contribution in [2.45, 2.75) is 32.4 Å². The highest BCUT2D eigenvalue weighted by Gasteiger charge is 2.17. The van der Waals surface area contributed by atoms with Crippen molar-refractivity contribution in [1.82, 2.24) is 15.1 Å². The lowest BCUT2D eigenvalue weighted by Gasteiger charge is -2.12. The van der Waals surface area contributed by atoms with E-state index in [4.69, 9.17) is 0 Å². The molecule has 3 nitrogen and oxygen atoms in total. The molecule has 1 aliphatic rings. The molecular formula is C15H18BrN3. The van der Waals surface area contributed by atoms with E-state index in [0.29, 0.717) is 6.04 Å². The molecule has 1 saturated heterocycles. The second kappa shape index (κ2) is 5.47. The number of aromatic nitrogens is 2. The Hall–Kier alpha value is -1.13. The molecule has 4 heteroatoms. The van der Waals surface area contributed by atoms with Crippen LogP contribution in [0, 0.1) is 6.92 Å². The number of hydrogen-bond donors (Lipinski definition) is 1. The molecule has 0 radical (unpaired) electrons. The first-order valence-corrected chi connectivity index (χ1v) is 7.55. The van der Waals surface area contributed by atoms with E-state index in [0.717, 1.165) is 17.6 Å². The van der Waals surface area contributed by atoms with Crippen LogP contribution in [-0.4, -0.2) is 22.4 Å². The maximum atomic E-state index is 4.54. The van der Waals surface area contributed by atoms with E-state index in [1.165, 1.54) is 29.7 Å². The molecule has 19 heavy (non-hydrogen) atoms. The second-order valence-electron chi connectivity index (χ2n) is 5.13. The molecule has 1 atom stereocenters. The molecule has 2 aromatic rings. The zero-order chi connectivity index (χ0) is 13.2. The number of halogens is 1. The fourth-order valence-electron chi connectivity index (χ4n) is 2.66. The van der Waals surface area contributed by atoms with E-state index >= 15 is 0 Å². The average molecular weight is 320 g/mol. The van der Waals surface area contributed by atoms with Gasteiger partial charge in [0.2, 0.25) is 0 Å². The predicted octanol–water partition coefficient (Wildman–Crippen LogP) is 3.37. The van der Waals surface area contributed by atoms with Gasteiger partial charge in [0.25, 0.3) is 0 Å². The van der Waals surface area contributed by atoms with Crippen LogP contribution in [0.1, 0.15) is 18.5 Å². The maximum absolute atomic E-state index is 4.54. The van der Waals surface area contributed by atoms with Crippen LogP contribution in [0.15, 0.2) is 34.9 Å². The number of nitrogens with one attached hydrogen (secondary N) is 1. The number of benzene rings is 1. The summed E-state index contributed by atoms with van der Waals surface area (Å²) in [7, 11) is 0. The van der Waals surface area contributed by atoms with Gasteiger partial charge in [0.05, 0.1) is 12.7 Å². The molecule has 1 fully saturated rings. The summed E-state index contributed by atoms with van der Waals surface area (Å²) in [5.41, 5.74) is 3.70. The summed E-state index contributed by atoms with van der Waals surface area (Å²) < 4.78 is 3.23. The summed E-state index contributed by atoms with van der Waals surface area (Å²) in [6.07, 6.45) is 4.52. The van der Waals surface area contributed by atoms with Crippen LogP contribution in [0.3, 0.4) is 0 Å². The molecule has 1 aliphatic heterocycles. The Bertz CT molecular complexity index is 553. The van der Waals surface area contributed by atoms with E-state index in [9.17, 15) is 0 Å². The third-order valence-corrected chi connectivity index (χ3v) is 4.34. The van der Waals surface area contributed by atoms with Gasteiger partial charge in [-0.3, -0.25) is 4.68 Å². The third kappa shape index (κ3) is 2.74. The topological polar surface area (TPSA) is 29.9 Å². The molecule has 2 heterocycles. The van der Waals surface area contributed by atoms with Crippen molar-refractivity contribution in [3.63, 3.8) is 0 Å². The van der Waals surface area contributed by atoms with Gasteiger partial charge in [-0.2, -0.15) is 5.10 Å². The van der Waals surface area contributed by atoms with E-state index in [2.05, 4.69) is 62.2 Å². The van der Waals surface area contributed by atoms with E-state index in [1.54, 1.807) is 0 Å². The molecule has 0 aliphatic carbocycles. The molecule has 1 N–H and O–H groups in total. The minimum atomic E-state index is 0.580. The predicted molar refractivity (Wildman–Crippen MR) is 81.1 cm³/mol. The SMILES string of the molecule is Cc1c(-c2ccc(Br)cc2)cnn1CC1CCCN1. The molecule has 0 amide bonds. The summed E-state index contributed by atoms with van der Waals surface area (Å²) in [5.74, 6) is 0. The highest BCUT2D eigenvalue weighted by Crippen LogP contribution is 2.25. The van der Waals surface area contributed by atoms with Crippen LogP contribution >= 0.6 is 15.9 Å². The molecule has 1 aromatic carbocycles. The van der Waals surface area contributed by atoms with Gasteiger partial charge >= 0.3 is 0 Å². The van der Waals surface area contributed by atoms with Crippen molar-refractivity contribution >= 4 is 15.9 Å². The monoisotopic (exact) mass is 319 g/mol. The summed E-state index contributed by atoms with van der Waals surface area (Å²) in [4.78, 5) is 0. The highest BCUT2D eigenvalue weighted by atomic mass is 79.9. The van der Waals surface area contributed by atoms with Crippen molar-refractivity contribution in [3.05, 3.63) is 40.6 Å². The summed E-state index contributed by atoms with van der Waals surface area (Å²) in [6, 6.07) is 8.99. The lowest BCUT2D eigenvalue weighted by molar-refractivity contribution is 0.469. The molecule has 3 rings (SSSR count). The zero-order valence-electron chi connectivity index (χ0n) is 11.1. The van der Waals surface area contributed by atoms with E-state index in [1.807, 2.05) is 6.20 Å². The first kappa shape index (κ1) is 12.9. The molecule has 1 unspecified atom stereocenters. The largest absolute Gasteiger partial charge is 0.312 e. The van der Waals surface area contributed by atoms with Crippen LogP contribution in [0.5, 0.6) is 0 Å². The number of nitrogens with zero attached hydrogens (tertiary/aromatic N) is 2. The fourth-order valence-corrected chi connectivity index (χ4v) is 2.93. The first-order valence-electron chi connectivity index (χ1n) is 6.76. The van der Waals surface area contributed by atoms with Gasteiger partial charge in [-0.05, 0) is 44.0 Å². The smallest absolute Gasteiger partial charge is 0.0571 e. The van der Waals surface area contributed by atoms with Crippen LogP contribution in [-0.2, 0) is 6.54 Å². The minimum Gasteiger partial charge on any atom is -0.312 e. The minimum absolute atomic E-state index is 0.580. The molecule has 0 bridgehead atoms. The Morgan fingerprint density at radius 3 is 2.84 bits per heavy atom. The van der Waals surface area contributed by atoms with Gasteiger partial charge in [-0.1, -0.05) is 28.1 Å². The van der Waals surface area contributed by atoms with Crippen LogP contribution in [0.4, 0.5) is 0 Å². The Morgan fingerprint density at radius 2 is 2.16 bits per heavy atom. The molecule has 0 saturated carbocycles. The summed E-state index contributed by atoms with van der Waals surface area (Å²) in [5, 5.41) is 8.06. The Morgan fingerprint density at radius 1 is 1.37 bits per heavy atom. The van der Waals surface area contributed by atoms with Gasteiger partial charge in [0.15, 0.2) is 0 Å². The van der Waals surface area contributed by atoms with Gasteiger partial charge < -0.3 is 5.32 Å². The van der Waals surface area contributed by atoms with Crippen molar-refractivity contribution in [3.8, 4) is 11.1 Å². The fraction of sp³-hybridized carbons (Fsp3) is 0.400. The van der Waals surface area contributed by atoms with Crippen molar-refractivity contribution in [1.29, 1.82) is 0 Å². The molecule has 0 spiro atoms. The standard InChI is InChI=1S/C15H18BrN3/c1-11-15(12-4-6-13(16)7-5-12)9-18-19(11)10-14-3-2-8-17-14/h4-7,9,14,17H,2-3,8,10H2,1H3. The Labute approximate surface area is 122 Å². The van der Waals surface area contributed by atoms with Crippen LogP contribution in [0.2, 0.25) is 0 Å². The van der Waals surface area contributed by atoms with Crippen molar-refractivity contribution in [2.24, 2.45) is 0 Å². The van der Waals surface area contributed by atoms with Gasteiger partial charge in [-0.25, -0.2) is 0 Å². The first-order chi connectivity index (χ1) is 9.24. The van der Waals surface area contributed by atoms with Crippen molar-refractivity contribution in [2.75, 3.05) is 6.54 Å². The van der Waals surface area contributed by atoms with E-state index in [-0.39, 0.29) is 0 Å². The maximum Gasteiger partial charge on any atom is 0.0571 e. The summed E-state index contributed by atoms with van der Waals surface area (Å²) >= 11 is 3.47. The normalized spacial score (nSPS) is 18.9. The molecule has 100 valence electrons. The molecule has 1 aromatic heterocycles. The van der Waals surface area contributed by atoms with Crippen LogP contribution in [0.25, 0.3) is 11.1 Å². The van der Waals surface area contributed by atoms with Gasteiger partial charge in [-0.15, -0.1) is 0 Å². The summed E-state index contributed by atoms with van der Waals surface area (Å²) in [6.45, 7) is 4.27. The van der Waals surface area contributed by atoms with Gasteiger partial charge in [0.1, 0.15) is 0 Å². The third-order valence-electron chi connectivity index (χ3n) is 3.81. The van der Waals surface area contributed by atoms with E-state index < -0.39 is 0 Å². The zero-order valence-corrected chi connectivity index (χ0v) is 12.7. The second-order valence-corrected chi connectivity index (χ2v) is 6.04. The van der Waals surface area contributed by atoms with Gasteiger partial charge in [0, 0.05) is 21.8 Å². The molecular weight excluding hydrogens is 302 g/mol. The van der Waals surface area contributed by atoms with Crippen LogP contribution < -0.4 is 5.32 Å². The van der Waals surface area contributed by atoms with Crippen molar-refractivity contribution < 1.29 is 0 Å². The Balaban J connectivity index is 1.83. The lowest BCUT2D eigenvalue weighted by atomic mass is 10.1. The number of hydrogen-bond acceptors (Lipinski definition) is 2. The Kier molecular flexibility index (Phi) is 3.71.